The van der Waals surface area contributed by atoms with Crippen LogP contribution in [-0.4, -0.2) is 6.04 Å². The Kier molecular flexibility index (Phi) is 3.48. The van der Waals surface area contributed by atoms with E-state index in [0.717, 1.165) is 12.0 Å². The fourth-order valence-electron chi connectivity index (χ4n) is 1.36. The van der Waals surface area contributed by atoms with Gasteiger partial charge in [0.25, 0.3) is 0 Å². The Hall–Kier alpha value is -1.08. The Morgan fingerprint density at radius 1 is 1.36 bits per heavy atom. The minimum absolute atomic E-state index is 0.0807. The number of benzene rings is 1. The lowest BCUT2D eigenvalue weighted by Gasteiger charge is -2.12. The highest BCUT2D eigenvalue weighted by Crippen LogP contribution is 2.12. The van der Waals surface area contributed by atoms with E-state index in [9.17, 15) is 0 Å². The maximum Gasteiger partial charge on any atom is 0.0289 e. The summed E-state index contributed by atoms with van der Waals surface area (Å²) < 4.78 is 0. The normalized spacial score (nSPS) is 12.6. The van der Waals surface area contributed by atoms with Crippen LogP contribution in [0.1, 0.15) is 23.6 Å². The molecular formula is C13H19N. The number of rotatable bonds is 3. The van der Waals surface area contributed by atoms with Gasteiger partial charge in [-0.15, -0.1) is 0 Å². The average molecular weight is 189 g/mol. The van der Waals surface area contributed by atoms with E-state index in [1.807, 2.05) is 6.92 Å². The summed E-state index contributed by atoms with van der Waals surface area (Å²) in [5.41, 5.74) is 10.9. The van der Waals surface area contributed by atoms with E-state index in [1.54, 1.807) is 0 Å². The molecule has 0 radical (unpaired) electrons. The van der Waals surface area contributed by atoms with E-state index < -0.39 is 0 Å². The maximum atomic E-state index is 5.94. The Morgan fingerprint density at radius 3 is 2.50 bits per heavy atom. The molecule has 0 aliphatic heterocycles. The summed E-state index contributed by atoms with van der Waals surface area (Å²) in [7, 11) is 0. The van der Waals surface area contributed by atoms with Crippen molar-refractivity contribution in [3.63, 3.8) is 0 Å². The lowest BCUT2D eigenvalue weighted by molar-refractivity contribution is 0.766. The molecule has 0 saturated carbocycles. The molecule has 1 rings (SSSR count). The lowest BCUT2D eigenvalue weighted by Crippen LogP contribution is -2.23. The molecule has 0 fully saturated rings. The summed E-state index contributed by atoms with van der Waals surface area (Å²) in [6.07, 6.45) is 0.885. The second kappa shape index (κ2) is 4.43. The molecule has 0 amide bonds. The van der Waals surface area contributed by atoms with Crippen LogP contribution < -0.4 is 5.73 Å². The minimum Gasteiger partial charge on any atom is -0.324 e. The van der Waals surface area contributed by atoms with E-state index in [0.29, 0.717) is 0 Å². The van der Waals surface area contributed by atoms with Gasteiger partial charge in [-0.2, -0.15) is 0 Å². The number of hydrogen-bond acceptors (Lipinski definition) is 1. The third kappa shape index (κ3) is 2.71. The zero-order valence-corrected chi connectivity index (χ0v) is 9.30. The summed E-state index contributed by atoms with van der Waals surface area (Å²) in [4.78, 5) is 0. The third-order valence-electron chi connectivity index (χ3n) is 2.66. The molecule has 1 nitrogen and oxygen atoms in total. The number of hydrogen-bond donors (Lipinski definition) is 1. The van der Waals surface area contributed by atoms with Gasteiger partial charge in [-0.25, -0.2) is 0 Å². The highest BCUT2D eigenvalue weighted by atomic mass is 14.6. The van der Waals surface area contributed by atoms with Crippen molar-refractivity contribution in [3.05, 3.63) is 47.0 Å². The number of nitrogens with two attached hydrogens (primary N) is 1. The molecule has 0 spiro atoms. The molecule has 0 aliphatic carbocycles. The van der Waals surface area contributed by atoms with Gasteiger partial charge in [0, 0.05) is 6.04 Å². The molecular weight excluding hydrogens is 170 g/mol. The predicted octanol–water partition coefficient (Wildman–Crippen LogP) is 2.75. The van der Waals surface area contributed by atoms with Gasteiger partial charge in [0.15, 0.2) is 0 Å². The minimum atomic E-state index is 0.0807. The summed E-state index contributed by atoms with van der Waals surface area (Å²) in [5, 5.41) is 0. The maximum absolute atomic E-state index is 5.94. The van der Waals surface area contributed by atoms with E-state index in [1.165, 1.54) is 16.7 Å². The molecule has 0 saturated heterocycles. The summed E-state index contributed by atoms with van der Waals surface area (Å²) >= 11 is 0. The zero-order valence-electron chi connectivity index (χ0n) is 9.30. The molecule has 0 aromatic heterocycles. The average Bonchev–Trinajstić information content (AvgIpc) is 2.11. The second-order valence-electron chi connectivity index (χ2n) is 4.08. The van der Waals surface area contributed by atoms with Crippen LogP contribution in [-0.2, 0) is 6.42 Å². The first kappa shape index (κ1) is 11.0. The van der Waals surface area contributed by atoms with Crippen molar-refractivity contribution in [3.8, 4) is 0 Å². The van der Waals surface area contributed by atoms with Crippen LogP contribution in [0.2, 0.25) is 0 Å². The molecule has 1 heteroatoms. The monoisotopic (exact) mass is 189 g/mol. The highest BCUT2D eigenvalue weighted by Gasteiger charge is 2.04. The largest absolute Gasteiger partial charge is 0.324 e. The molecule has 14 heavy (non-hydrogen) atoms. The third-order valence-corrected chi connectivity index (χ3v) is 2.66. The smallest absolute Gasteiger partial charge is 0.0289 e. The SMILES string of the molecule is C=C(C)C(N)Cc1ccc(C)c(C)c1. The van der Waals surface area contributed by atoms with Crippen LogP contribution in [0.25, 0.3) is 0 Å². The Balaban J connectivity index is 2.78. The molecule has 1 atom stereocenters. The zero-order chi connectivity index (χ0) is 10.7. The first-order valence-corrected chi connectivity index (χ1v) is 4.98. The summed E-state index contributed by atoms with van der Waals surface area (Å²) in [6.45, 7) is 10.1. The standard InChI is InChI=1S/C13H19N/c1-9(2)13(14)8-12-6-5-10(3)11(4)7-12/h5-7,13H,1,8,14H2,2-4H3. The highest BCUT2D eigenvalue weighted by molar-refractivity contribution is 5.31. The van der Waals surface area contributed by atoms with Gasteiger partial charge in [-0.3, -0.25) is 0 Å². The Bertz CT molecular complexity index is 339. The van der Waals surface area contributed by atoms with E-state index in [2.05, 4.69) is 38.6 Å². The first-order chi connectivity index (χ1) is 6.50. The van der Waals surface area contributed by atoms with Crippen molar-refractivity contribution in [2.45, 2.75) is 33.2 Å². The molecule has 1 unspecified atom stereocenters. The van der Waals surface area contributed by atoms with Crippen molar-refractivity contribution in [1.82, 2.24) is 0 Å². The molecule has 0 heterocycles. The van der Waals surface area contributed by atoms with Crippen molar-refractivity contribution < 1.29 is 0 Å². The van der Waals surface area contributed by atoms with E-state index in [-0.39, 0.29) is 6.04 Å². The van der Waals surface area contributed by atoms with Crippen molar-refractivity contribution in [1.29, 1.82) is 0 Å². The fraction of sp³-hybridized carbons (Fsp3) is 0.385. The van der Waals surface area contributed by atoms with Crippen LogP contribution in [0.3, 0.4) is 0 Å². The van der Waals surface area contributed by atoms with Crippen LogP contribution >= 0.6 is 0 Å². The van der Waals surface area contributed by atoms with Gasteiger partial charge in [0.05, 0.1) is 0 Å². The first-order valence-electron chi connectivity index (χ1n) is 4.98. The summed E-state index contributed by atoms with van der Waals surface area (Å²) in [6, 6.07) is 6.58. The van der Waals surface area contributed by atoms with Gasteiger partial charge in [-0.05, 0) is 43.9 Å². The van der Waals surface area contributed by atoms with Crippen LogP contribution in [0.5, 0.6) is 0 Å². The summed E-state index contributed by atoms with van der Waals surface area (Å²) in [5.74, 6) is 0. The van der Waals surface area contributed by atoms with Crippen LogP contribution in [0.15, 0.2) is 30.4 Å². The van der Waals surface area contributed by atoms with Crippen LogP contribution in [0, 0.1) is 13.8 Å². The van der Waals surface area contributed by atoms with Gasteiger partial charge in [0.1, 0.15) is 0 Å². The Labute approximate surface area is 86.6 Å². The second-order valence-corrected chi connectivity index (χ2v) is 4.08. The van der Waals surface area contributed by atoms with Crippen molar-refractivity contribution in [2.24, 2.45) is 5.73 Å². The molecule has 1 aromatic rings. The Morgan fingerprint density at radius 2 is 2.00 bits per heavy atom. The van der Waals surface area contributed by atoms with Gasteiger partial charge in [-0.1, -0.05) is 30.4 Å². The van der Waals surface area contributed by atoms with Gasteiger partial charge >= 0.3 is 0 Å². The fourth-order valence-corrected chi connectivity index (χ4v) is 1.36. The molecule has 76 valence electrons. The molecule has 0 bridgehead atoms. The van der Waals surface area contributed by atoms with Crippen molar-refractivity contribution >= 4 is 0 Å². The molecule has 1 aromatic carbocycles. The number of aryl methyl sites for hydroxylation is 2. The van der Waals surface area contributed by atoms with Gasteiger partial charge in [0.2, 0.25) is 0 Å². The molecule has 0 aliphatic rings. The van der Waals surface area contributed by atoms with E-state index >= 15 is 0 Å². The predicted molar refractivity (Wildman–Crippen MR) is 62.4 cm³/mol. The topological polar surface area (TPSA) is 26.0 Å². The quantitative estimate of drug-likeness (QED) is 0.727. The van der Waals surface area contributed by atoms with Gasteiger partial charge < -0.3 is 5.73 Å². The lowest BCUT2D eigenvalue weighted by atomic mass is 9.98. The van der Waals surface area contributed by atoms with Crippen LogP contribution in [0.4, 0.5) is 0 Å². The van der Waals surface area contributed by atoms with Crippen molar-refractivity contribution in [2.75, 3.05) is 0 Å². The molecule has 2 N–H and O–H groups in total. The van der Waals surface area contributed by atoms with E-state index in [4.69, 9.17) is 5.73 Å².